The van der Waals surface area contributed by atoms with Crippen LogP contribution >= 0.6 is 0 Å². The van der Waals surface area contributed by atoms with E-state index in [2.05, 4.69) is 32.9 Å². The average molecular weight is 1030 g/mol. The van der Waals surface area contributed by atoms with Crippen molar-refractivity contribution in [2.75, 3.05) is 13.2 Å². The molecule has 0 fully saturated rings. The van der Waals surface area contributed by atoms with Crippen LogP contribution in [0.3, 0.4) is 0 Å². The van der Waals surface area contributed by atoms with Crippen molar-refractivity contribution in [2.24, 2.45) is 0 Å². The molecule has 73 heavy (non-hydrogen) atoms. The molecule has 0 aliphatic rings. The van der Waals surface area contributed by atoms with Gasteiger partial charge in [-0.15, -0.1) is 0 Å². The second kappa shape index (κ2) is 62.7. The molecule has 432 valence electrons. The summed E-state index contributed by atoms with van der Waals surface area (Å²) in [5, 5.41) is 0. The van der Waals surface area contributed by atoms with Crippen LogP contribution in [0.15, 0.2) is 12.2 Å². The van der Waals surface area contributed by atoms with E-state index < -0.39 is 6.10 Å². The standard InChI is InChI=1S/C67H128O6/c1-4-7-10-13-16-18-20-22-24-25-26-27-28-29-30-31-32-33-34-35-36-37-38-39-40-41-42-43-44-46-47-49-51-54-57-60-66(69)72-63-64(62-71-65(68)59-56-53-15-12-9-6-3)73-67(70)61-58-55-52-50-48-45-23-21-19-17-14-11-8-5-2/h25-26,64H,4-24,27-63H2,1-3H3/b26-25-. The number of esters is 3. The molecule has 0 saturated carbocycles. The number of carbonyl (C=O) groups is 3. The predicted molar refractivity (Wildman–Crippen MR) is 317 cm³/mol. The minimum atomic E-state index is -0.761. The molecule has 0 aliphatic heterocycles. The van der Waals surface area contributed by atoms with Crippen molar-refractivity contribution >= 4 is 17.9 Å². The maximum Gasteiger partial charge on any atom is 0.306 e. The summed E-state index contributed by atoms with van der Waals surface area (Å²) in [4.78, 5) is 37.9. The number of allylic oxidation sites excluding steroid dienone is 2. The molecule has 1 atom stereocenters. The maximum absolute atomic E-state index is 12.8. The Morgan fingerprint density at radius 2 is 0.452 bits per heavy atom. The highest BCUT2D eigenvalue weighted by molar-refractivity contribution is 5.71. The van der Waals surface area contributed by atoms with Crippen LogP contribution in [0.25, 0.3) is 0 Å². The number of unbranched alkanes of at least 4 members (excludes halogenated alkanes) is 49. The Morgan fingerprint density at radius 1 is 0.260 bits per heavy atom. The largest absolute Gasteiger partial charge is 0.462 e. The molecule has 0 aliphatic carbocycles. The summed E-state index contributed by atoms with van der Waals surface area (Å²) < 4.78 is 16.8. The zero-order valence-electron chi connectivity index (χ0n) is 49.7. The van der Waals surface area contributed by atoms with Gasteiger partial charge in [-0.05, 0) is 44.9 Å². The molecule has 6 heteroatoms. The van der Waals surface area contributed by atoms with Crippen LogP contribution < -0.4 is 0 Å². The van der Waals surface area contributed by atoms with Gasteiger partial charge in [0.1, 0.15) is 13.2 Å². The number of ether oxygens (including phenoxy) is 3. The van der Waals surface area contributed by atoms with Crippen molar-refractivity contribution in [3.63, 3.8) is 0 Å². The fraction of sp³-hybridized carbons (Fsp3) is 0.925. The number of hydrogen-bond donors (Lipinski definition) is 0. The van der Waals surface area contributed by atoms with Gasteiger partial charge in [-0.1, -0.05) is 328 Å². The lowest BCUT2D eigenvalue weighted by atomic mass is 10.0. The summed E-state index contributed by atoms with van der Waals surface area (Å²) in [5.41, 5.74) is 0. The molecule has 0 aromatic heterocycles. The van der Waals surface area contributed by atoms with Crippen LogP contribution in [0.5, 0.6) is 0 Å². The summed E-state index contributed by atoms with van der Waals surface area (Å²) in [6.45, 7) is 6.64. The third-order valence-corrected chi connectivity index (χ3v) is 15.3. The fourth-order valence-electron chi connectivity index (χ4n) is 10.3. The molecule has 0 rings (SSSR count). The molecule has 0 N–H and O–H groups in total. The lowest BCUT2D eigenvalue weighted by molar-refractivity contribution is -0.167. The highest BCUT2D eigenvalue weighted by atomic mass is 16.6. The molecule has 0 saturated heterocycles. The minimum absolute atomic E-state index is 0.0634. The highest BCUT2D eigenvalue weighted by Crippen LogP contribution is 2.18. The molecular formula is C67H128O6. The average Bonchev–Trinajstić information content (AvgIpc) is 3.39. The Morgan fingerprint density at radius 3 is 0.685 bits per heavy atom. The van der Waals surface area contributed by atoms with E-state index in [1.807, 2.05) is 0 Å². The summed E-state index contributed by atoms with van der Waals surface area (Å²) in [5.74, 6) is -0.848. The molecule has 0 spiro atoms. The Labute approximate surface area is 456 Å². The Balaban J connectivity index is 3.84. The van der Waals surface area contributed by atoms with Crippen LogP contribution in [-0.2, 0) is 28.6 Å². The van der Waals surface area contributed by atoms with E-state index in [0.717, 1.165) is 57.8 Å². The van der Waals surface area contributed by atoms with Crippen LogP contribution in [0, 0.1) is 0 Å². The number of hydrogen-bond acceptors (Lipinski definition) is 6. The first-order valence-electron chi connectivity index (χ1n) is 33.2. The van der Waals surface area contributed by atoms with Gasteiger partial charge in [0.15, 0.2) is 6.10 Å². The van der Waals surface area contributed by atoms with Gasteiger partial charge in [-0.25, -0.2) is 0 Å². The molecule has 0 aromatic carbocycles. The van der Waals surface area contributed by atoms with Crippen LogP contribution in [0.1, 0.15) is 380 Å². The van der Waals surface area contributed by atoms with Gasteiger partial charge in [0.25, 0.3) is 0 Å². The van der Waals surface area contributed by atoms with Gasteiger partial charge in [0, 0.05) is 19.3 Å². The van der Waals surface area contributed by atoms with Gasteiger partial charge < -0.3 is 14.2 Å². The van der Waals surface area contributed by atoms with E-state index in [1.165, 1.54) is 283 Å². The minimum Gasteiger partial charge on any atom is -0.462 e. The van der Waals surface area contributed by atoms with Crippen molar-refractivity contribution in [3.8, 4) is 0 Å². The Bertz CT molecular complexity index is 1130. The van der Waals surface area contributed by atoms with Gasteiger partial charge in [0.2, 0.25) is 0 Å². The molecule has 0 heterocycles. The van der Waals surface area contributed by atoms with Crippen LogP contribution in [0.4, 0.5) is 0 Å². The zero-order valence-corrected chi connectivity index (χ0v) is 49.7. The van der Waals surface area contributed by atoms with Gasteiger partial charge >= 0.3 is 17.9 Å². The third kappa shape index (κ3) is 60.9. The third-order valence-electron chi connectivity index (χ3n) is 15.3. The SMILES string of the molecule is CCCCCCCCCC/C=C\CCCCCCCCCCCCCCCCCCCCCCCCCC(=O)OCC(COC(=O)CCCCCCCC)OC(=O)CCCCCCCCCCCCCCCC. The zero-order chi connectivity index (χ0) is 52.9. The molecular weight excluding hydrogens is 901 g/mol. The van der Waals surface area contributed by atoms with Crippen molar-refractivity contribution in [1.29, 1.82) is 0 Å². The first kappa shape index (κ1) is 71.2. The Hall–Kier alpha value is -1.85. The summed E-state index contributed by atoms with van der Waals surface area (Å²) >= 11 is 0. The van der Waals surface area contributed by atoms with E-state index in [-0.39, 0.29) is 31.1 Å². The quantitative estimate of drug-likeness (QED) is 0.0261. The van der Waals surface area contributed by atoms with Gasteiger partial charge in [0.05, 0.1) is 0 Å². The van der Waals surface area contributed by atoms with Gasteiger partial charge in [-0.3, -0.25) is 14.4 Å². The number of carbonyl (C=O) groups excluding carboxylic acids is 3. The lowest BCUT2D eigenvalue weighted by Gasteiger charge is -2.18. The summed E-state index contributed by atoms with van der Waals surface area (Å²) in [7, 11) is 0. The van der Waals surface area contributed by atoms with Crippen molar-refractivity contribution < 1.29 is 28.6 Å². The van der Waals surface area contributed by atoms with Crippen LogP contribution in [-0.4, -0.2) is 37.2 Å². The lowest BCUT2D eigenvalue weighted by Crippen LogP contribution is -2.30. The van der Waals surface area contributed by atoms with Crippen LogP contribution in [0.2, 0.25) is 0 Å². The van der Waals surface area contributed by atoms with Gasteiger partial charge in [-0.2, -0.15) is 0 Å². The van der Waals surface area contributed by atoms with Crippen molar-refractivity contribution in [1.82, 2.24) is 0 Å². The second-order valence-corrected chi connectivity index (χ2v) is 22.7. The molecule has 0 radical (unpaired) electrons. The smallest absolute Gasteiger partial charge is 0.306 e. The summed E-state index contributed by atoms with van der Waals surface area (Å²) in [6, 6.07) is 0. The normalized spacial score (nSPS) is 12.0. The predicted octanol–water partition coefficient (Wildman–Crippen LogP) is 22.4. The van der Waals surface area contributed by atoms with E-state index in [0.29, 0.717) is 19.3 Å². The Kier molecular flexibility index (Phi) is 61.1. The first-order chi connectivity index (χ1) is 36.0. The fourth-order valence-corrected chi connectivity index (χ4v) is 10.3. The van der Waals surface area contributed by atoms with E-state index in [4.69, 9.17) is 14.2 Å². The van der Waals surface area contributed by atoms with Crippen molar-refractivity contribution in [3.05, 3.63) is 12.2 Å². The highest BCUT2D eigenvalue weighted by Gasteiger charge is 2.19. The van der Waals surface area contributed by atoms with E-state index in [1.54, 1.807) is 0 Å². The summed E-state index contributed by atoms with van der Waals surface area (Å²) in [6.07, 6.45) is 74.3. The molecule has 6 nitrogen and oxygen atoms in total. The van der Waals surface area contributed by atoms with E-state index in [9.17, 15) is 14.4 Å². The molecule has 0 amide bonds. The number of rotatable bonds is 62. The first-order valence-corrected chi connectivity index (χ1v) is 33.2. The molecule has 0 aromatic rings. The topological polar surface area (TPSA) is 78.9 Å². The maximum atomic E-state index is 12.8. The molecule has 1 unspecified atom stereocenters. The van der Waals surface area contributed by atoms with Crippen molar-refractivity contribution in [2.45, 2.75) is 386 Å². The monoisotopic (exact) mass is 1030 g/mol. The second-order valence-electron chi connectivity index (χ2n) is 22.7. The molecule has 0 bridgehead atoms. The van der Waals surface area contributed by atoms with E-state index >= 15 is 0 Å².